The van der Waals surface area contributed by atoms with E-state index in [1.165, 1.54) is 4.70 Å². The first-order valence-corrected chi connectivity index (χ1v) is 9.17. The SMILES string of the molecule is CCCCNC(=O)CN1CCN(c2nc3ccccc3s2)CC1. The molecule has 1 N–H and O–H groups in total. The molecule has 1 aliphatic rings. The molecule has 1 amide bonds. The van der Waals surface area contributed by atoms with Crippen molar-refractivity contribution in [3.05, 3.63) is 24.3 Å². The molecular formula is C17H24N4OS. The third-order valence-corrected chi connectivity index (χ3v) is 5.24. The maximum Gasteiger partial charge on any atom is 0.234 e. The zero-order valence-corrected chi connectivity index (χ0v) is 14.4. The number of hydrogen-bond donors (Lipinski definition) is 1. The third kappa shape index (κ3) is 4.20. The Morgan fingerprint density at radius 3 is 2.78 bits per heavy atom. The van der Waals surface area contributed by atoms with Gasteiger partial charge in [-0.3, -0.25) is 9.69 Å². The van der Waals surface area contributed by atoms with Gasteiger partial charge in [-0.25, -0.2) is 4.98 Å². The number of rotatable bonds is 6. The van der Waals surface area contributed by atoms with Crippen molar-refractivity contribution in [3.63, 3.8) is 0 Å². The Kier molecular flexibility index (Phi) is 5.46. The van der Waals surface area contributed by atoms with Gasteiger partial charge in [0.25, 0.3) is 0 Å². The van der Waals surface area contributed by atoms with Gasteiger partial charge < -0.3 is 10.2 Å². The zero-order valence-electron chi connectivity index (χ0n) is 13.6. The lowest BCUT2D eigenvalue weighted by molar-refractivity contribution is -0.122. The molecule has 124 valence electrons. The Morgan fingerprint density at radius 1 is 1.26 bits per heavy atom. The van der Waals surface area contributed by atoms with Gasteiger partial charge in [-0.15, -0.1) is 0 Å². The Bertz CT molecular complexity index is 616. The van der Waals surface area contributed by atoms with Crippen molar-refractivity contribution >= 4 is 32.6 Å². The minimum atomic E-state index is 0.145. The minimum Gasteiger partial charge on any atom is -0.355 e. The first-order chi connectivity index (χ1) is 11.3. The van der Waals surface area contributed by atoms with E-state index in [1.54, 1.807) is 11.3 Å². The smallest absolute Gasteiger partial charge is 0.234 e. The van der Waals surface area contributed by atoms with Crippen LogP contribution in [0.1, 0.15) is 19.8 Å². The molecule has 3 rings (SSSR count). The van der Waals surface area contributed by atoms with E-state index >= 15 is 0 Å². The molecule has 0 aliphatic carbocycles. The summed E-state index contributed by atoms with van der Waals surface area (Å²) in [7, 11) is 0. The van der Waals surface area contributed by atoms with Gasteiger partial charge >= 0.3 is 0 Å². The van der Waals surface area contributed by atoms with Gasteiger partial charge in [0.1, 0.15) is 0 Å². The van der Waals surface area contributed by atoms with Crippen LogP contribution in [-0.2, 0) is 4.79 Å². The number of para-hydroxylation sites is 1. The second kappa shape index (κ2) is 7.75. The summed E-state index contributed by atoms with van der Waals surface area (Å²) in [5.74, 6) is 0.145. The van der Waals surface area contributed by atoms with Crippen molar-refractivity contribution in [2.24, 2.45) is 0 Å². The number of nitrogens with zero attached hydrogens (tertiary/aromatic N) is 3. The Morgan fingerprint density at radius 2 is 2.04 bits per heavy atom. The lowest BCUT2D eigenvalue weighted by Gasteiger charge is -2.34. The van der Waals surface area contributed by atoms with Gasteiger partial charge in [0.15, 0.2) is 5.13 Å². The lowest BCUT2D eigenvalue weighted by atomic mass is 10.3. The summed E-state index contributed by atoms with van der Waals surface area (Å²) in [6.45, 7) is 7.13. The van der Waals surface area contributed by atoms with Gasteiger partial charge in [-0.05, 0) is 18.6 Å². The first-order valence-electron chi connectivity index (χ1n) is 8.36. The highest BCUT2D eigenvalue weighted by molar-refractivity contribution is 7.22. The highest BCUT2D eigenvalue weighted by atomic mass is 32.1. The quantitative estimate of drug-likeness (QED) is 0.825. The van der Waals surface area contributed by atoms with Gasteiger partial charge in [-0.1, -0.05) is 36.8 Å². The van der Waals surface area contributed by atoms with E-state index in [9.17, 15) is 4.79 Å². The molecule has 6 heteroatoms. The summed E-state index contributed by atoms with van der Waals surface area (Å²) < 4.78 is 1.24. The summed E-state index contributed by atoms with van der Waals surface area (Å²) in [4.78, 5) is 21.2. The van der Waals surface area contributed by atoms with Crippen molar-refractivity contribution in [1.82, 2.24) is 15.2 Å². The van der Waals surface area contributed by atoms with Crippen LogP contribution in [0, 0.1) is 0 Å². The average molecular weight is 332 g/mol. The molecule has 0 unspecified atom stereocenters. The summed E-state index contributed by atoms with van der Waals surface area (Å²) in [5, 5.41) is 4.08. The molecule has 0 bridgehead atoms. The van der Waals surface area contributed by atoms with E-state index in [4.69, 9.17) is 4.98 Å². The minimum absolute atomic E-state index is 0.145. The monoisotopic (exact) mass is 332 g/mol. The van der Waals surface area contributed by atoms with Gasteiger partial charge in [0.05, 0.1) is 16.8 Å². The van der Waals surface area contributed by atoms with Crippen LogP contribution < -0.4 is 10.2 Å². The van der Waals surface area contributed by atoms with Crippen molar-refractivity contribution < 1.29 is 4.79 Å². The molecule has 0 atom stereocenters. The number of unbranched alkanes of at least 4 members (excludes halogenated alkanes) is 1. The highest BCUT2D eigenvalue weighted by Gasteiger charge is 2.21. The number of nitrogens with one attached hydrogen (secondary N) is 1. The fourth-order valence-corrected chi connectivity index (χ4v) is 3.77. The van der Waals surface area contributed by atoms with Crippen LogP contribution in [0.15, 0.2) is 24.3 Å². The van der Waals surface area contributed by atoms with E-state index in [0.29, 0.717) is 6.54 Å². The molecule has 1 aliphatic heterocycles. The van der Waals surface area contributed by atoms with E-state index in [2.05, 4.69) is 40.2 Å². The van der Waals surface area contributed by atoms with Crippen LogP contribution in [0.2, 0.25) is 0 Å². The maximum absolute atomic E-state index is 11.9. The normalized spacial score (nSPS) is 16.0. The Balaban J connectivity index is 1.49. The number of benzene rings is 1. The highest BCUT2D eigenvalue weighted by Crippen LogP contribution is 2.28. The molecule has 0 saturated carbocycles. The largest absolute Gasteiger partial charge is 0.355 e. The number of piperazine rings is 1. The van der Waals surface area contributed by atoms with Gasteiger partial charge in [-0.2, -0.15) is 0 Å². The second-order valence-corrected chi connectivity index (χ2v) is 6.94. The summed E-state index contributed by atoms with van der Waals surface area (Å²) >= 11 is 1.75. The molecule has 1 fully saturated rings. The predicted molar refractivity (Wildman–Crippen MR) is 96.2 cm³/mol. The van der Waals surface area contributed by atoms with Gasteiger partial charge in [0.2, 0.25) is 5.91 Å². The number of carbonyl (C=O) groups is 1. The zero-order chi connectivity index (χ0) is 16.1. The molecule has 5 nitrogen and oxygen atoms in total. The molecular weight excluding hydrogens is 308 g/mol. The van der Waals surface area contributed by atoms with E-state index in [0.717, 1.165) is 56.2 Å². The molecule has 2 heterocycles. The molecule has 0 radical (unpaired) electrons. The van der Waals surface area contributed by atoms with E-state index in [-0.39, 0.29) is 5.91 Å². The van der Waals surface area contributed by atoms with E-state index < -0.39 is 0 Å². The van der Waals surface area contributed by atoms with Crippen LogP contribution in [0.25, 0.3) is 10.2 Å². The molecule has 1 aromatic heterocycles. The van der Waals surface area contributed by atoms with Crippen LogP contribution in [-0.4, -0.2) is 55.1 Å². The van der Waals surface area contributed by atoms with Crippen LogP contribution in [0.4, 0.5) is 5.13 Å². The number of amides is 1. The number of aromatic nitrogens is 1. The molecule has 2 aromatic rings. The van der Waals surface area contributed by atoms with Crippen molar-refractivity contribution in [2.45, 2.75) is 19.8 Å². The number of anilines is 1. The average Bonchev–Trinajstić information content (AvgIpc) is 3.00. The lowest BCUT2D eigenvalue weighted by Crippen LogP contribution is -2.49. The number of thiazole rings is 1. The molecule has 1 saturated heterocycles. The number of fused-ring (bicyclic) bond motifs is 1. The van der Waals surface area contributed by atoms with E-state index in [1.807, 2.05) is 6.07 Å². The topological polar surface area (TPSA) is 48.5 Å². The number of hydrogen-bond acceptors (Lipinski definition) is 5. The fraction of sp³-hybridized carbons (Fsp3) is 0.529. The van der Waals surface area contributed by atoms with Crippen molar-refractivity contribution in [2.75, 3.05) is 44.2 Å². The van der Waals surface area contributed by atoms with Crippen molar-refractivity contribution in [1.29, 1.82) is 0 Å². The maximum atomic E-state index is 11.9. The molecule has 0 spiro atoms. The predicted octanol–water partition coefficient (Wildman–Crippen LogP) is 2.33. The first kappa shape index (κ1) is 16.2. The second-order valence-electron chi connectivity index (χ2n) is 5.93. The summed E-state index contributed by atoms with van der Waals surface area (Å²) in [6, 6.07) is 8.26. The molecule has 23 heavy (non-hydrogen) atoms. The standard InChI is InChI=1S/C17H24N4OS/c1-2-3-8-18-16(22)13-20-9-11-21(12-10-20)17-19-14-6-4-5-7-15(14)23-17/h4-7H,2-3,8-13H2,1H3,(H,18,22). The third-order valence-electron chi connectivity index (χ3n) is 4.15. The molecule has 1 aromatic carbocycles. The van der Waals surface area contributed by atoms with Crippen LogP contribution in [0.5, 0.6) is 0 Å². The Labute approximate surface area is 141 Å². The Hall–Kier alpha value is -1.66. The number of carbonyl (C=O) groups excluding carboxylic acids is 1. The summed E-state index contributed by atoms with van der Waals surface area (Å²) in [5.41, 5.74) is 1.07. The van der Waals surface area contributed by atoms with Crippen molar-refractivity contribution in [3.8, 4) is 0 Å². The van der Waals surface area contributed by atoms with Crippen LogP contribution in [0.3, 0.4) is 0 Å². The van der Waals surface area contributed by atoms with Gasteiger partial charge in [0, 0.05) is 32.7 Å². The van der Waals surface area contributed by atoms with Crippen LogP contribution >= 0.6 is 11.3 Å². The fourth-order valence-electron chi connectivity index (χ4n) is 2.76. The summed E-state index contributed by atoms with van der Waals surface area (Å²) in [6.07, 6.45) is 2.16.